The molecule has 100 valence electrons. The van der Waals surface area contributed by atoms with E-state index in [0.717, 1.165) is 25.7 Å². The standard InChI is InChI=1S/C11H18N4O2S/c1-2-11(6-4-7-11)15-18(16,17)10-9(14-12)5-3-8-13-10/h3,5,8,14-15H,2,4,6-7,12H2,1H3. The van der Waals surface area contributed by atoms with Crippen LogP contribution in [0.5, 0.6) is 0 Å². The summed E-state index contributed by atoms with van der Waals surface area (Å²) in [5, 5.41) is -0.0489. The zero-order chi connectivity index (χ0) is 13.2. The molecule has 18 heavy (non-hydrogen) atoms. The lowest BCUT2D eigenvalue weighted by Crippen LogP contribution is -2.53. The maximum atomic E-state index is 12.3. The van der Waals surface area contributed by atoms with Gasteiger partial charge in [-0.25, -0.2) is 18.1 Å². The van der Waals surface area contributed by atoms with E-state index in [2.05, 4.69) is 15.1 Å². The second-order valence-corrected chi connectivity index (χ2v) is 6.19. The summed E-state index contributed by atoms with van der Waals surface area (Å²) < 4.78 is 27.4. The molecule has 0 aromatic carbocycles. The molecule has 4 N–H and O–H groups in total. The second-order valence-electron chi connectivity index (χ2n) is 4.59. The molecular weight excluding hydrogens is 252 g/mol. The molecular formula is C11H18N4O2S. The molecule has 1 saturated carbocycles. The van der Waals surface area contributed by atoms with Gasteiger partial charge in [0.15, 0.2) is 5.03 Å². The fraction of sp³-hybridized carbons (Fsp3) is 0.545. The summed E-state index contributed by atoms with van der Waals surface area (Å²) in [5.74, 6) is 5.31. The highest BCUT2D eigenvalue weighted by Crippen LogP contribution is 2.36. The molecule has 0 bridgehead atoms. The van der Waals surface area contributed by atoms with Crippen LogP contribution in [0.3, 0.4) is 0 Å². The molecule has 6 nitrogen and oxygen atoms in total. The van der Waals surface area contributed by atoms with E-state index in [0.29, 0.717) is 5.69 Å². The van der Waals surface area contributed by atoms with Crippen molar-refractivity contribution < 1.29 is 8.42 Å². The number of rotatable bonds is 5. The summed E-state index contributed by atoms with van der Waals surface area (Å²) in [6, 6.07) is 3.22. The van der Waals surface area contributed by atoms with E-state index in [1.807, 2.05) is 6.92 Å². The molecule has 1 aromatic heterocycles. The SMILES string of the molecule is CCC1(NS(=O)(=O)c2ncccc2NN)CCC1. The molecule has 1 aliphatic carbocycles. The quantitative estimate of drug-likeness (QED) is 0.547. The van der Waals surface area contributed by atoms with Gasteiger partial charge >= 0.3 is 0 Å². The van der Waals surface area contributed by atoms with Gasteiger partial charge in [-0.05, 0) is 37.8 Å². The first-order chi connectivity index (χ1) is 8.53. The first-order valence-electron chi connectivity index (χ1n) is 5.99. The molecule has 7 heteroatoms. The molecule has 0 radical (unpaired) electrons. The number of hydrazine groups is 1. The normalized spacial score (nSPS) is 18.1. The summed E-state index contributed by atoms with van der Waals surface area (Å²) in [6.07, 6.45) is 5.03. The Hall–Kier alpha value is -1.18. The zero-order valence-electron chi connectivity index (χ0n) is 10.3. The van der Waals surface area contributed by atoms with Crippen molar-refractivity contribution in [3.8, 4) is 0 Å². The highest BCUT2D eigenvalue weighted by Gasteiger charge is 2.39. The summed E-state index contributed by atoms with van der Waals surface area (Å²) in [6.45, 7) is 1.99. The van der Waals surface area contributed by atoms with Crippen LogP contribution in [0.25, 0.3) is 0 Å². The van der Waals surface area contributed by atoms with E-state index in [4.69, 9.17) is 5.84 Å². The Labute approximate surface area is 107 Å². The van der Waals surface area contributed by atoms with Gasteiger partial charge in [0.1, 0.15) is 0 Å². The number of hydrogen-bond donors (Lipinski definition) is 3. The highest BCUT2D eigenvalue weighted by atomic mass is 32.2. The molecule has 2 rings (SSSR count). The Morgan fingerprint density at radius 1 is 1.50 bits per heavy atom. The first-order valence-corrected chi connectivity index (χ1v) is 7.47. The largest absolute Gasteiger partial charge is 0.321 e. The average molecular weight is 270 g/mol. The van der Waals surface area contributed by atoms with Gasteiger partial charge in [-0.2, -0.15) is 0 Å². The monoisotopic (exact) mass is 270 g/mol. The van der Waals surface area contributed by atoms with E-state index in [1.165, 1.54) is 6.20 Å². The molecule has 1 heterocycles. The van der Waals surface area contributed by atoms with Crippen molar-refractivity contribution in [2.45, 2.75) is 43.2 Å². The van der Waals surface area contributed by atoms with Crippen LogP contribution in [0, 0.1) is 0 Å². The molecule has 0 saturated heterocycles. The molecule has 0 unspecified atom stereocenters. The third kappa shape index (κ3) is 2.33. The summed E-state index contributed by atoms with van der Waals surface area (Å²) in [4.78, 5) is 3.91. The lowest BCUT2D eigenvalue weighted by Gasteiger charge is -2.41. The fourth-order valence-corrected chi connectivity index (χ4v) is 3.81. The molecule has 0 spiro atoms. The van der Waals surface area contributed by atoms with Crippen LogP contribution in [0.2, 0.25) is 0 Å². The van der Waals surface area contributed by atoms with Crippen molar-refractivity contribution in [3.63, 3.8) is 0 Å². The minimum absolute atomic E-state index is 0.0489. The molecule has 0 atom stereocenters. The van der Waals surface area contributed by atoms with Gasteiger partial charge in [-0.1, -0.05) is 6.92 Å². The number of sulfonamides is 1. The number of aromatic nitrogens is 1. The highest BCUT2D eigenvalue weighted by molar-refractivity contribution is 7.89. The van der Waals surface area contributed by atoms with Gasteiger partial charge < -0.3 is 5.43 Å². The predicted molar refractivity (Wildman–Crippen MR) is 69.2 cm³/mol. The Kier molecular flexibility index (Phi) is 3.56. The summed E-state index contributed by atoms with van der Waals surface area (Å²) in [5.41, 5.74) is 2.36. The number of nitrogens with zero attached hydrogens (tertiary/aromatic N) is 1. The lowest BCUT2D eigenvalue weighted by atomic mass is 9.76. The van der Waals surface area contributed by atoms with Crippen LogP contribution in [-0.2, 0) is 10.0 Å². The first kappa shape index (κ1) is 13.3. The Balaban J connectivity index is 2.31. The molecule has 0 aliphatic heterocycles. The molecule has 0 amide bonds. The van der Waals surface area contributed by atoms with Crippen molar-refractivity contribution in [2.75, 3.05) is 5.43 Å². The van der Waals surface area contributed by atoms with Crippen LogP contribution < -0.4 is 16.0 Å². The minimum atomic E-state index is -3.64. The third-order valence-electron chi connectivity index (χ3n) is 3.52. The van der Waals surface area contributed by atoms with E-state index in [9.17, 15) is 8.42 Å². The molecule has 1 aromatic rings. The Bertz CT molecular complexity index is 520. The van der Waals surface area contributed by atoms with E-state index in [-0.39, 0.29) is 10.6 Å². The third-order valence-corrected chi connectivity index (χ3v) is 5.06. The number of pyridine rings is 1. The average Bonchev–Trinajstić information content (AvgIpc) is 2.34. The van der Waals surface area contributed by atoms with Crippen molar-refractivity contribution >= 4 is 15.7 Å². The molecule has 1 fully saturated rings. The van der Waals surface area contributed by atoms with Crippen molar-refractivity contribution in [3.05, 3.63) is 18.3 Å². The smallest absolute Gasteiger partial charge is 0.260 e. The van der Waals surface area contributed by atoms with Gasteiger partial charge in [0.2, 0.25) is 0 Å². The zero-order valence-corrected chi connectivity index (χ0v) is 11.1. The van der Waals surface area contributed by atoms with Gasteiger partial charge in [0, 0.05) is 11.7 Å². The number of anilines is 1. The number of nitrogens with one attached hydrogen (secondary N) is 2. The Morgan fingerprint density at radius 2 is 2.22 bits per heavy atom. The van der Waals surface area contributed by atoms with Gasteiger partial charge in [-0.3, -0.25) is 5.84 Å². The van der Waals surface area contributed by atoms with Crippen molar-refractivity contribution in [1.29, 1.82) is 0 Å². The Morgan fingerprint density at radius 3 is 2.72 bits per heavy atom. The number of hydrogen-bond acceptors (Lipinski definition) is 5. The summed E-state index contributed by atoms with van der Waals surface area (Å²) >= 11 is 0. The van der Waals surface area contributed by atoms with Crippen LogP contribution in [-0.4, -0.2) is 18.9 Å². The second kappa shape index (κ2) is 4.83. The van der Waals surface area contributed by atoms with E-state index in [1.54, 1.807) is 12.1 Å². The number of nitrogens with two attached hydrogens (primary N) is 1. The van der Waals surface area contributed by atoms with Gasteiger partial charge in [0.05, 0.1) is 5.69 Å². The predicted octanol–water partition coefficient (Wildman–Crippen LogP) is 0.978. The van der Waals surface area contributed by atoms with Crippen LogP contribution in [0.1, 0.15) is 32.6 Å². The van der Waals surface area contributed by atoms with E-state index >= 15 is 0 Å². The fourth-order valence-electron chi connectivity index (χ4n) is 2.18. The topological polar surface area (TPSA) is 97.1 Å². The van der Waals surface area contributed by atoms with Crippen molar-refractivity contribution in [2.24, 2.45) is 5.84 Å². The number of nitrogen functional groups attached to an aromatic ring is 1. The summed E-state index contributed by atoms with van der Waals surface area (Å²) in [7, 11) is -3.64. The van der Waals surface area contributed by atoms with Crippen LogP contribution in [0.4, 0.5) is 5.69 Å². The minimum Gasteiger partial charge on any atom is -0.321 e. The van der Waals surface area contributed by atoms with Gasteiger partial charge in [0.25, 0.3) is 10.0 Å². The van der Waals surface area contributed by atoms with Crippen LogP contribution >= 0.6 is 0 Å². The lowest BCUT2D eigenvalue weighted by molar-refractivity contribution is 0.213. The maximum absolute atomic E-state index is 12.3. The van der Waals surface area contributed by atoms with Gasteiger partial charge in [-0.15, -0.1) is 0 Å². The van der Waals surface area contributed by atoms with Crippen LogP contribution in [0.15, 0.2) is 23.4 Å². The van der Waals surface area contributed by atoms with E-state index < -0.39 is 10.0 Å². The maximum Gasteiger partial charge on any atom is 0.260 e. The van der Waals surface area contributed by atoms with Crippen molar-refractivity contribution in [1.82, 2.24) is 9.71 Å². The molecule has 1 aliphatic rings.